The molecule has 0 rings (SSSR count). The molecule has 0 aliphatic heterocycles. The molecule has 0 aromatic carbocycles. The summed E-state index contributed by atoms with van der Waals surface area (Å²) in [7, 11) is 0. The quantitative estimate of drug-likeness (QED) is 0.0321. The number of hydrogen-bond donors (Lipinski definition) is 3. The minimum Gasteiger partial charge on any atom is -0.466 e. The van der Waals surface area contributed by atoms with Crippen LogP contribution < -0.4 is 5.32 Å². The lowest BCUT2D eigenvalue weighted by Crippen LogP contribution is -2.45. The summed E-state index contributed by atoms with van der Waals surface area (Å²) in [6.07, 6.45) is 75.8. The lowest BCUT2D eigenvalue weighted by molar-refractivity contribution is -0.143. The van der Waals surface area contributed by atoms with Gasteiger partial charge in [-0.1, -0.05) is 268 Å². The molecular weight excluding hydrogens is 863 g/mol. The van der Waals surface area contributed by atoms with Crippen molar-refractivity contribution in [2.45, 2.75) is 334 Å². The highest BCUT2D eigenvalue weighted by Gasteiger charge is 2.18. The zero-order valence-electron chi connectivity index (χ0n) is 46.7. The maximum absolute atomic E-state index is 12.4. The fourth-order valence-electron chi connectivity index (χ4n) is 9.31. The second kappa shape index (κ2) is 59.4. The molecule has 0 aromatic heterocycles. The van der Waals surface area contributed by atoms with E-state index in [-0.39, 0.29) is 18.5 Å². The van der Waals surface area contributed by atoms with Crippen LogP contribution in [0.5, 0.6) is 0 Å². The van der Waals surface area contributed by atoms with Gasteiger partial charge in [-0.25, -0.2) is 0 Å². The second-order valence-electron chi connectivity index (χ2n) is 21.0. The third-order valence-electron chi connectivity index (χ3n) is 14.1. The minimum atomic E-state index is -0.845. The summed E-state index contributed by atoms with van der Waals surface area (Å²) in [6, 6.07) is -0.629. The summed E-state index contributed by atoms with van der Waals surface area (Å²) in [5.74, 6) is -0.0712. The number of unbranched alkanes of at least 4 members (excludes halogenated alkanes) is 40. The van der Waals surface area contributed by atoms with Crippen LogP contribution in [0.15, 0.2) is 48.6 Å². The van der Waals surface area contributed by atoms with Gasteiger partial charge in [0, 0.05) is 12.8 Å². The number of allylic oxidation sites excluding steroid dienone is 7. The average Bonchev–Trinajstić information content (AvgIpc) is 3.36. The van der Waals surface area contributed by atoms with Gasteiger partial charge >= 0.3 is 5.97 Å². The molecule has 0 saturated carbocycles. The number of nitrogens with one attached hydrogen (secondary N) is 1. The van der Waals surface area contributed by atoms with E-state index in [0.29, 0.717) is 19.4 Å². The highest BCUT2D eigenvalue weighted by atomic mass is 16.5. The SMILES string of the molecule is CCCCC/C=C\C/C=C\CCCCCCCC(=O)OCCCCCCCCCCCCCC/C=C\CCCCCCCCCCCCC(=O)NC(CO)C(O)/C=C/CCCCCCCCCCCC. The molecule has 0 radical (unpaired) electrons. The van der Waals surface area contributed by atoms with Gasteiger partial charge in [-0.05, 0) is 89.9 Å². The number of esters is 1. The molecule has 0 bridgehead atoms. The number of amides is 1. The molecule has 3 N–H and O–H groups in total. The topological polar surface area (TPSA) is 95.9 Å². The molecule has 6 heteroatoms. The molecule has 70 heavy (non-hydrogen) atoms. The number of aliphatic hydroxyl groups is 2. The van der Waals surface area contributed by atoms with Crippen LogP contribution in [0.2, 0.25) is 0 Å². The van der Waals surface area contributed by atoms with Crippen LogP contribution in [0.3, 0.4) is 0 Å². The summed E-state index contributed by atoms with van der Waals surface area (Å²) < 4.78 is 5.48. The van der Waals surface area contributed by atoms with Crippen molar-refractivity contribution < 1.29 is 24.5 Å². The lowest BCUT2D eigenvalue weighted by atomic mass is 10.0. The first-order chi connectivity index (χ1) is 34.5. The Labute approximate surface area is 436 Å². The predicted octanol–water partition coefficient (Wildman–Crippen LogP) is 19.4. The maximum Gasteiger partial charge on any atom is 0.305 e. The lowest BCUT2D eigenvalue weighted by Gasteiger charge is -2.20. The van der Waals surface area contributed by atoms with Crippen LogP contribution in [-0.4, -0.2) is 47.4 Å². The predicted molar refractivity (Wildman–Crippen MR) is 306 cm³/mol. The van der Waals surface area contributed by atoms with Gasteiger partial charge in [-0.3, -0.25) is 9.59 Å². The van der Waals surface area contributed by atoms with E-state index in [1.165, 1.54) is 244 Å². The number of carbonyl (C=O) groups excluding carboxylic acids is 2. The standard InChI is InChI=1S/C64H119NO5/c1-3-5-7-9-11-13-15-17-30-34-38-42-46-50-54-58-64(69)70-59-55-51-47-43-39-35-32-29-27-25-23-21-19-18-20-22-24-26-28-31-33-37-41-45-49-53-57-63(68)65-61(60-66)62(67)56-52-48-44-40-36-16-14-12-10-8-6-4-2/h11,13,17-18,20,30,52,56,61-62,66-67H,3-10,12,14-16,19,21-29,31-51,53-55,57-60H2,1-2H3,(H,65,68)/b13-11-,20-18-,30-17-,56-52+. The minimum absolute atomic E-state index is 0.000555. The maximum atomic E-state index is 12.4. The Kier molecular flexibility index (Phi) is 57.5. The Morgan fingerprint density at radius 1 is 0.400 bits per heavy atom. The van der Waals surface area contributed by atoms with E-state index in [9.17, 15) is 19.8 Å². The van der Waals surface area contributed by atoms with E-state index in [0.717, 1.165) is 51.4 Å². The Morgan fingerprint density at radius 2 is 0.714 bits per heavy atom. The monoisotopic (exact) mass is 982 g/mol. The van der Waals surface area contributed by atoms with Gasteiger partial charge in [0.2, 0.25) is 5.91 Å². The second-order valence-corrected chi connectivity index (χ2v) is 21.0. The number of rotatable bonds is 57. The summed E-state index contributed by atoms with van der Waals surface area (Å²) in [6.45, 7) is 4.87. The van der Waals surface area contributed by atoms with E-state index in [4.69, 9.17) is 4.74 Å². The summed E-state index contributed by atoms with van der Waals surface area (Å²) >= 11 is 0. The first-order valence-corrected chi connectivity index (χ1v) is 30.9. The third kappa shape index (κ3) is 55.1. The van der Waals surface area contributed by atoms with E-state index in [1.807, 2.05) is 6.08 Å². The zero-order valence-corrected chi connectivity index (χ0v) is 46.7. The molecule has 0 saturated heterocycles. The van der Waals surface area contributed by atoms with Gasteiger partial charge in [0.15, 0.2) is 0 Å². The van der Waals surface area contributed by atoms with Crippen molar-refractivity contribution in [2.24, 2.45) is 0 Å². The van der Waals surface area contributed by atoms with E-state index in [2.05, 4.69) is 55.6 Å². The van der Waals surface area contributed by atoms with E-state index >= 15 is 0 Å². The summed E-state index contributed by atoms with van der Waals surface area (Å²) in [5.41, 5.74) is 0. The van der Waals surface area contributed by atoms with Crippen LogP contribution in [0.4, 0.5) is 0 Å². The van der Waals surface area contributed by atoms with Crippen molar-refractivity contribution in [2.75, 3.05) is 13.2 Å². The first-order valence-electron chi connectivity index (χ1n) is 30.9. The van der Waals surface area contributed by atoms with Gasteiger partial charge in [-0.2, -0.15) is 0 Å². The van der Waals surface area contributed by atoms with Gasteiger partial charge in [-0.15, -0.1) is 0 Å². The molecule has 0 heterocycles. The van der Waals surface area contributed by atoms with Crippen molar-refractivity contribution in [1.82, 2.24) is 5.32 Å². The number of hydrogen-bond acceptors (Lipinski definition) is 5. The van der Waals surface area contributed by atoms with Crippen molar-refractivity contribution in [3.05, 3.63) is 48.6 Å². The van der Waals surface area contributed by atoms with Gasteiger partial charge < -0.3 is 20.3 Å². The van der Waals surface area contributed by atoms with Crippen molar-refractivity contribution in [3.63, 3.8) is 0 Å². The van der Waals surface area contributed by atoms with Crippen LogP contribution in [-0.2, 0) is 14.3 Å². The largest absolute Gasteiger partial charge is 0.466 e. The molecule has 0 aliphatic carbocycles. The molecule has 0 aliphatic rings. The summed E-state index contributed by atoms with van der Waals surface area (Å²) in [4.78, 5) is 24.5. The molecule has 2 atom stereocenters. The van der Waals surface area contributed by atoms with Crippen molar-refractivity contribution in [1.29, 1.82) is 0 Å². The fraction of sp³-hybridized carbons (Fsp3) is 0.844. The molecule has 0 fully saturated rings. The smallest absolute Gasteiger partial charge is 0.305 e. The van der Waals surface area contributed by atoms with Crippen LogP contribution in [0, 0.1) is 0 Å². The summed E-state index contributed by atoms with van der Waals surface area (Å²) in [5, 5.41) is 23.1. The van der Waals surface area contributed by atoms with Gasteiger partial charge in [0.05, 0.1) is 25.4 Å². The van der Waals surface area contributed by atoms with Crippen molar-refractivity contribution >= 4 is 11.9 Å². The van der Waals surface area contributed by atoms with E-state index < -0.39 is 12.1 Å². The number of aliphatic hydroxyl groups excluding tert-OH is 2. The molecule has 0 aromatic rings. The Hall–Kier alpha value is -2.18. The Balaban J connectivity index is 3.40. The van der Waals surface area contributed by atoms with Crippen molar-refractivity contribution in [3.8, 4) is 0 Å². The molecule has 410 valence electrons. The molecule has 0 spiro atoms. The zero-order chi connectivity index (χ0) is 50.7. The van der Waals surface area contributed by atoms with Crippen LogP contribution in [0.25, 0.3) is 0 Å². The van der Waals surface area contributed by atoms with Crippen LogP contribution >= 0.6 is 0 Å². The van der Waals surface area contributed by atoms with E-state index in [1.54, 1.807) is 6.08 Å². The van der Waals surface area contributed by atoms with Crippen LogP contribution in [0.1, 0.15) is 322 Å². The molecule has 6 nitrogen and oxygen atoms in total. The number of ether oxygens (including phenoxy) is 1. The molecular formula is C64H119NO5. The Bertz CT molecular complexity index is 1180. The highest BCUT2D eigenvalue weighted by Crippen LogP contribution is 2.16. The van der Waals surface area contributed by atoms with Gasteiger partial charge in [0.25, 0.3) is 0 Å². The highest BCUT2D eigenvalue weighted by molar-refractivity contribution is 5.76. The average molecular weight is 983 g/mol. The fourth-order valence-corrected chi connectivity index (χ4v) is 9.31. The first kappa shape index (κ1) is 67.8. The third-order valence-corrected chi connectivity index (χ3v) is 14.1. The number of carbonyl (C=O) groups is 2. The Morgan fingerprint density at radius 3 is 1.13 bits per heavy atom. The van der Waals surface area contributed by atoms with Gasteiger partial charge in [0.1, 0.15) is 0 Å². The normalized spacial score (nSPS) is 12.9. The molecule has 2 unspecified atom stereocenters. The molecule has 1 amide bonds.